The predicted octanol–water partition coefficient (Wildman–Crippen LogP) is 3.73. The Bertz CT molecular complexity index is 591. The summed E-state index contributed by atoms with van der Waals surface area (Å²) in [5, 5.41) is 18.4. The molecule has 0 saturated heterocycles. The molecule has 0 aromatic heterocycles. The van der Waals surface area contributed by atoms with E-state index in [2.05, 4.69) is 0 Å². The number of carboxylic acid groups (broad SMARTS) is 1. The molecule has 2 aromatic carbocycles. The number of carboxylic acids is 1. The van der Waals surface area contributed by atoms with Crippen molar-refractivity contribution in [2.45, 2.75) is 23.7 Å². The highest BCUT2D eigenvalue weighted by Gasteiger charge is 2.04. The summed E-state index contributed by atoms with van der Waals surface area (Å²) in [7, 11) is 0. The van der Waals surface area contributed by atoms with Gasteiger partial charge in [-0.05, 0) is 42.3 Å². The van der Waals surface area contributed by atoms with Crippen molar-refractivity contribution < 1.29 is 15.0 Å². The number of carbonyl (C=O) groups is 1. The summed E-state index contributed by atoms with van der Waals surface area (Å²) in [6.45, 7) is 1.74. The van der Waals surface area contributed by atoms with Crippen LogP contribution in [0.25, 0.3) is 0 Å². The molecule has 0 aliphatic carbocycles. The lowest BCUT2D eigenvalue weighted by molar-refractivity contribution is 0.0697. The van der Waals surface area contributed by atoms with Crippen LogP contribution in [0.2, 0.25) is 0 Å². The smallest absolute Gasteiger partial charge is 0.335 e. The average molecular weight is 288 g/mol. The van der Waals surface area contributed by atoms with Crippen LogP contribution < -0.4 is 0 Å². The minimum Gasteiger partial charge on any atom is -0.478 e. The number of aliphatic hydroxyl groups is 1. The zero-order valence-corrected chi connectivity index (χ0v) is 11.9. The van der Waals surface area contributed by atoms with E-state index < -0.39 is 12.1 Å². The van der Waals surface area contributed by atoms with Crippen LogP contribution in [0.3, 0.4) is 0 Å². The molecule has 0 radical (unpaired) electrons. The van der Waals surface area contributed by atoms with Gasteiger partial charge < -0.3 is 10.2 Å². The van der Waals surface area contributed by atoms with Crippen LogP contribution in [-0.2, 0) is 5.75 Å². The van der Waals surface area contributed by atoms with Gasteiger partial charge >= 0.3 is 5.97 Å². The minimum atomic E-state index is -0.908. The van der Waals surface area contributed by atoms with Gasteiger partial charge in [-0.25, -0.2) is 4.79 Å². The van der Waals surface area contributed by atoms with Crippen molar-refractivity contribution in [3.05, 3.63) is 65.2 Å². The summed E-state index contributed by atoms with van der Waals surface area (Å²) >= 11 is 1.66. The number of aliphatic hydroxyl groups excluding tert-OH is 1. The van der Waals surface area contributed by atoms with Gasteiger partial charge in [0.15, 0.2) is 0 Å². The second-order valence-corrected chi connectivity index (χ2v) is 5.59. The maximum atomic E-state index is 10.8. The van der Waals surface area contributed by atoms with Crippen molar-refractivity contribution in [1.29, 1.82) is 0 Å². The fourth-order valence-corrected chi connectivity index (χ4v) is 2.69. The summed E-state index contributed by atoms with van der Waals surface area (Å²) in [5.74, 6) is -0.141. The van der Waals surface area contributed by atoms with Crippen LogP contribution in [-0.4, -0.2) is 16.2 Å². The molecule has 0 fully saturated rings. The van der Waals surface area contributed by atoms with Gasteiger partial charge in [0.05, 0.1) is 11.7 Å². The number of hydrogen-bond donors (Lipinski definition) is 2. The first-order valence-corrected chi connectivity index (χ1v) is 7.28. The highest BCUT2D eigenvalue weighted by atomic mass is 32.2. The van der Waals surface area contributed by atoms with Gasteiger partial charge in [-0.2, -0.15) is 0 Å². The van der Waals surface area contributed by atoms with E-state index in [9.17, 15) is 9.90 Å². The molecule has 0 aliphatic rings. The topological polar surface area (TPSA) is 57.5 Å². The van der Waals surface area contributed by atoms with E-state index in [4.69, 9.17) is 5.11 Å². The molecule has 1 unspecified atom stereocenters. The molecule has 2 aromatic rings. The molecular formula is C16H16O3S. The van der Waals surface area contributed by atoms with Crippen LogP contribution >= 0.6 is 11.8 Å². The summed E-state index contributed by atoms with van der Waals surface area (Å²) < 4.78 is 0. The Labute approximate surface area is 122 Å². The molecule has 0 amide bonds. The highest BCUT2D eigenvalue weighted by molar-refractivity contribution is 7.98. The zero-order valence-electron chi connectivity index (χ0n) is 11.1. The van der Waals surface area contributed by atoms with Crippen LogP contribution in [0.1, 0.15) is 34.5 Å². The standard InChI is InChI=1S/C16H16O3S/c1-11(17)14-3-2-4-15(9-14)20-10-12-5-7-13(8-6-12)16(18)19/h2-9,11,17H,10H2,1H3,(H,18,19). The number of benzene rings is 2. The molecule has 0 aliphatic heterocycles. The normalized spacial score (nSPS) is 12.1. The maximum absolute atomic E-state index is 10.8. The predicted molar refractivity (Wildman–Crippen MR) is 80.0 cm³/mol. The first-order chi connectivity index (χ1) is 9.56. The molecule has 3 nitrogen and oxygen atoms in total. The third kappa shape index (κ3) is 3.85. The van der Waals surface area contributed by atoms with Gasteiger partial charge in [-0.15, -0.1) is 11.8 Å². The van der Waals surface area contributed by atoms with E-state index in [1.807, 2.05) is 36.4 Å². The number of rotatable bonds is 5. The van der Waals surface area contributed by atoms with E-state index in [0.29, 0.717) is 5.56 Å². The first kappa shape index (κ1) is 14.6. The summed E-state index contributed by atoms with van der Waals surface area (Å²) in [6, 6.07) is 14.7. The third-order valence-corrected chi connectivity index (χ3v) is 4.01. The fourth-order valence-electron chi connectivity index (χ4n) is 1.77. The second kappa shape index (κ2) is 6.59. The molecule has 20 heavy (non-hydrogen) atoms. The number of thioether (sulfide) groups is 1. The monoisotopic (exact) mass is 288 g/mol. The lowest BCUT2D eigenvalue weighted by Gasteiger charge is -2.07. The van der Waals surface area contributed by atoms with Gasteiger partial charge in [0.25, 0.3) is 0 Å². The highest BCUT2D eigenvalue weighted by Crippen LogP contribution is 2.25. The van der Waals surface area contributed by atoms with Gasteiger partial charge in [-0.1, -0.05) is 24.3 Å². The second-order valence-electron chi connectivity index (χ2n) is 4.54. The van der Waals surface area contributed by atoms with Crippen LogP contribution in [0, 0.1) is 0 Å². The summed E-state index contributed by atoms with van der Waals surface area (Å²) in [4.78, 5) is 11.9. The van der Waals surface area contributed by atoms with Crippen molar-refractivity contribution in [3.8, 4) is 0 Å². The average Bonchev–Trinajstić information content (AvgIpc) is 2.46. The maximum Gasteiger partial charge on any atom is 0.335 e. The molecule has 1 atom stereocenters. The Balaban J connectivity index is 2.01. The van der Waals surface area contributed by atoms with Crippen molar-refractivity contribution >= 4 is 17.7 Å². The molecule has 0 spiro atoms. The fraction of sp³-hybridized carbons (Fsp3) is 0.188. The van der Waals surface area contributed by atoms with Gasteiger partial charge in [0.2, 0.25) is 0 Å². The SMILES string of the molecule is CC(O)c1cccc(SCc2ccc(C(=O)O)cc2)c1. The summed E-state index contributed by atoms with van der Waals surface area (Å²) in [6.07, 6.45) is -0.467. The quantitative estimate of drug-likeness (QED) is 0.823. The molecule has 0 bridgehead atoms. The summed E-state index contributed by atoms with van der Waals surface area (Å²) in [5.41, 5.74) is 2.27. The molecule has 104 valence electrons. The van der Waals surface area contributed by atoms with Crippen LogP contribution in [0.4, 0.5) is 0 Å². The van der Waals surface area contributed by atoms with Crippen molar-refractivity contribution in [2.75, 3.05) is 0 Å². The van der Waals surface area contributed by atoms with E-state index >= 15 is 0 Å². The largest absolute Gasteiger partial charge is 0.478 e. The van der Waals surface area contributed by atoms with E-state index in [0.717, 1.165) is 21.8 Å². The molecule has 0 heterocycles. The van der Waals surface area contributed by atoms with Crippen LogP contribution in [0.15, 0.2) is 53.4 Å². The van der Waals surface area contributed by atoms with Gasteiger partial charge in [0, 0.05) is 10.6 Å². The lowest BCUT2D eigenvalue weighted by atomic mass is 10.1. The Hall–Kier alpha value is -1.78. The molecule has 0 saturated carbocycles. The first-order valence-electron chi connectivity index (χ1n) is 6.29. The minimum absolute atomic E-state index is 0.301. The third-order valence-electron chi connectivity index (χ3n) is 2.95. The van der Waals surface area contributed by atoms with Crippen molar-refractivity contribution in [1.82, 2.24) is 0 Å². The Morgan fingerprint density at radius 2 is 1.90 bits per heavy atom. The van der Waals surface area contributed by atoms with E-state index in [1.54, 1.807) is 30.8 Å². The molecular weight excluding hydrogens is 272 g/mol. The zero-order chi connectivity index (χ0) is 14.5. The van der Waals surface area contributed by atoms with Gasteiger partial charge in [0.1, 0.15) is 0 Å². The molecule has 2 N–H and O–H groups in total. The van der Waals surface area contributed by atoms with E-state index in [-0.39, 0.29) is 0 Å². The number of hydrogen-bond acceptors (Lipinski definition) is 3. The van der Waals surface area contributed by atoms with E-state index in [1.165, 1.54) is 0 Å². The Morgan fingerprint density at radius 3 is 2.50 bits per heavy atom. The molecule has 4 heteroatoms. The van der Waals surface area contributed by atoms with Crippen LogP contribution in [0.5, 0.6) is 0 Å². The Morgan fingerprint density at radius 1 is 1.20 bits per heavy atom. The van der Waals surface area contributed by atoms with Crippen molar-refractivity contribution in [2.24, 2.45) is 0 Å². The Kier molecular flexibility index (Phi) is 4.82. The van der Waals surface area contributed by atoms with Gasteiger partial charge in [-0.3, -0.25) is 0 Å². The number of aromatic carboxylic acids is 1. The van der Waals surface area contributed by atoms with Crippen molar-refractivity contribution in [3.63, 3.8) is 0 Å². The lowest BCUT2D eigenvalue weighted by Crippen LogP contribution is -1.95. The molecule has 2 rings (SSSR count).